The maximum absolute atomic E-state index is 5.68. The number of morpholine rings is 1. The number of piperidine rings is 2. The predicted octanol–water partition coefficient (Wildman–Crippen LogP) is 13.0. The van der Waals surface area contributed by atoms with Crippen molar-refractivity contribution in [2.24, 2.45) is 0 Å². The minimum Gasteiger partial charge on any atom is -0.496 e. The number of fused-ring (bicyclic) bond motifs is 2. The lowest BCUT2D eigenvalue weighted by atomic mass is 9.88. The Labute approximate surface area is 457 Å². The van der Waals surface area contributed by atoms with E-state index >= 15 is 0 Å². The molecule has 5 heterocycles. The minimum absolute atomic E-state index is 0.482. The molecule has 3 fully saturated rings. The van der Waals surface area contributed by atoms with Crippen LogP contribution in [0.4, 0.5) is 23.0 Å². The van der Waals surface area contributed by atoms with E-state index in [0.717, 1.165) is 172 Å². The van der Waals surface area contributed by atoms with Crippen LogP contribution in [0.5, 0.6) is 11.5 Å². The van der Waals surface area contributed by atoms with Gasteiger partial charge in [-0.3, -0.25) is 4.90 Å². The molecule has 3 saturated heterocycles. The number of hydrogen-bond acceptors (Lipinski definition) is 12. The molecule has 0 radical (unpaired) electrons. The standard InChI is InChI=1S/C33H39N5O2.C30H34N4O.C2H6/c1-36(18-19-37-20-22-40-23-21-37)27-12-13-30-29(24-27)33(35-32(34-30)26-8-4-3-5-9-26)38-16-14-25(15-17-38)28-10-6-7-11-31(28)39-2;1-4-18-33(2)24-14-15-27-26(21-24)30(32-29(31-27)23-10-6-5-7-11-23)34-19-16-22(17-20-34)25-12-8-9-13-28(25)35-3;1-2/h3-13,24-25H,14-23H2,1-2H3;5-15,21-22H,4,16-20H2,1-3H3;1-2H3. The Morgan fingerprint density at radius 3 is 1.35 bits per heavy atom. The second-order valence-electron chi connectivity index (χ2n) is 20.2. The van der Waals surface area contributed by atoms with Crippen molar-refractivity contribution in [3.63, 3.8) is 0 Å². The number of nitrogens with zero attached hydrogens (tertiary/aromatic N) is 9. The van der Waals surface area contributed by atoms with E-state index in [4.69, 9.17) is 34.1 Å². The summed E-state index contributed by atoms with van der Waals surface area (Å²) in [5.41, 5.74) is 9.10. The number of para-hydroxylation sites is 2. The topological polar surface area (TPSA) is 95.5 Å². The fraction of sp³-hybridized carbons (Fsp3) is 0.385. The van der Waals surface area contributed by atoms with Crippen LogP contribution < -0.4 is 29.1 Å². The molecule has 2 aromatic heterocycles. The number of benzene rings is 6. The zero-order valence-electron chi connectivity index (χ0n) is 46.6. The van der Waals surface area contributed by atoms with E-state index in [-0.39, 0.29) is 0 Å². The molecule has 0 bridgehead atoms. The molecule has 0 amide bonds. The summed E-state index contributed by atoms with van der Waals surface area (Å²) in [4.78, 5) is 32.4. The zero-order valence-corrected chi connectivity index (χ0v) is 46.6. The third kappa shape index (κ3) is 13.1. The summed E-state index contributed by atoms with van der Waals surface area (Å²) < 4.78 is 16.8. The maximum atomic E-state index is 5.68. The normalized spacial score (nSPS) is 15.3. The first-order valence-electron chi connectivity index (χ1n) is 28.1. The fourth-order valence-electron chi connectivity index (χ4n) is 11.1. The second-order valence-corrected chi connectivity index (χ2v) is 20.2. The third-order valence-corrected chi connectivity index (χ3v) is 15.4. The number of aromatic nitrogens is 4. The van der Waals surface area contributed by atoms with Crippen LogP contribution in [0.3, 0.4) is 0 Å². The lowest BCUT2D eigenvalue weighted by Gasteiger charge is -2.34. The molecule has 0 N–H and O–H groups in total. The van der Waals surface area contributed by atoms with E-state index in [1.54, 1.807) is 14.2 Å². The monoisotopic (exact) mass is 1030 g/mol. The van der Waals surface area contributed by atoms with Gasteiger partial charge in [-0.1, -0.05) is 118 Å². The largest absolute Gasteiger partial charge is 0.496 e. The van der Waals surface area contributed by atoms with Gasteiger partial charge in [-0.05, 0) is 104 Å². The highest BCUT2D eigenvalue weighted by molar-refractivity contribution is 5.95. The van der Waals surface area contributed by atoms with Gasteiger partial charge in [-0.15, -0.1) is 0 Å². The highest BCUT2D eigenvalue weighted by atomic mass is 16.5. The number of methoxy groups -OCH3 is 2. The predicted molar refractivity (Wildman–Crippen MR) is 320 cm³/mol. The molecule has 402 valence electrons. The van der Waals surface area contributed by atoms with Gasteiger partial charge in [-0.25, -0.2) is 19.9 Å². The summed E-state index contributed by atoms with van der Waals surface area (Å²) in [6.07, 6.45) is 5.38. The molecular formula is C65H79N9O3. The van der Waals surface area contributed by atoms with Gasteiger partial charge in [0, 0.05) is 106 Å². The molecular weight excluding hydrogens is 955 g/mol. The first-order chi connectivity index (χ1) is 37.9. The average molecular weight is 1030 g/mol. The van der Waals surface area contributed by atoms with Gasteiger partial charge in [-0.2, -0.15) is 0 Å². The molecule has 0 saturated carbocycles. The molecule has 0 unspecified atom stereocenters. The van der Waals surface area contributed by atoms with Crippen LogP contribution >= 0.6 is 0 Å². The highest BCUT2D eigenvalue weighted by Crippen LogP contribution is 2.40. The average Bonchev–Trinajstić information content (AvgIpc) is 3.54. The number of likely N-dealkylation sites (N-methyl/N-ethyl adjacent to an activating group) is 1. The molecule has 11 rings (SSSR count). The van der Waals surface area contributed by atoms with E-state index in [2.05, 4.69) is 143 Å². The van der Waals surface area contributed by atoms with Crippen LogP contribution in [0.1, 0.15) is 75.8 Å². The van der Waals surface area contributed by atoms with Crippen molar-refractivity contribution < 1.29 is 14.2 Å². The Morgan fingerprint density at radius 2 is 0.922 bits per heavy atom. The van der Waals surface area contributed by atoms with Crippen molar-refractivity contribution >= 4 is 44.8 Å². The Balaban J connectivity index is 0.000000183. The Bertz CT molecular complexity index is 3120. The smallest absolute Gasteiger partial charge is 0.162 e. The van der Waals surface area contributed by atoms with Gasteiger partial charge in [0.25, 0.3) is 0 Å². The van der Waals surface area contributed by atoms with Crippen LogP contribution in [0.25, 0.3) is 44.6 Å². The van der Waals surface area contributed by atoms with Crippen molar-refractivity contribution in [1.82, 2.24) is 24.8 Å². The van der Waals surface area contributed by atoms with Gasteiger partial charge < -0.3 is 33.8 Å². The molecule has 77 heavy (non-hydrogen) atoms. The molecule has 12 nitrogen and oxygen atoms in total. The van der Waals surface area contributed by atoms with Gasteiger partial charge >= 0.3 is 0 Å². The van der Waals surface area contributed by atoms with E-state index in [1.807, 2.05) is 62.4 Å². The zero-order chi connectivity index (χ0) is 53.5. The van der Waals surface area contributed by atoms with Crippen molar-refractivity contribution in [1.29, 1.82) is 0 Å². The molecule has 6 aromatic carbocycles. The van der Waals surface area contributed by atoms with E-state index < -0.39 is 0 Å². The summed E-state index contributed by atoms with van der Waals surface area (Å²) in [5, 5.41) is 2.24. The third-order valence-electron chi connectivity index (χ3n) is 15.4. The minimum atomic E-state index is 0.482. The second kappa shape index (κ2) is 26.7. The summed E-state index contributed by atoms with van der Waals surface area (Å²) in [7, 11) is 7.86. The van der Waals surface area contributed by atoms with E-state index in [9.17, 15) is 0 Å². The number of hydrogen-bond donors (Lipinski definition) is 0. The van der Waals surface area contributed by atoms with Gasteiger partial charge in [0.1, 0.15) is 23.1 Å². The number of rotatable bonds is 15. The summed E-state index contributed by atoms with van der Waals surface area (Å²) >= 11 is 0. The number of anilines is 4. The highest BCUT2D eigenvalue weighted by Gasteiger charge is 2.28. The quantitative estimate of drug-likeness (QED) is 0.0978. The first kappa shape index (κ1) is 54.5. The van der Waals surface area contributed by atoms with Crippen LogP contribution in [-0.4, -0.2) is 125 Å². The van der Waals surface area contributed by atoms with Gasteiger partial charge in [0.05, 0.1) is 38.5 Å². The van der Waals surface area contributed by atoms with E-state index in [1.165, 1.54) is 22.5 Å². The SMILES string of the molecule is CC.CCCN(C)c1ccc2nc(-c3ccccc3)nc(N3CCC(c4ccccc4OC)CC3)c2c1.COc1ccccc1C1CCN(c2nc(-c3ccccc3)nc3ccc(N(C)CCN4CCOCC4)cc23)CC1. The lowest BCUT2D eigenvalue weighted by molar-refractivity contribution is 0.0393. The molecule has 12 heteroatoms. The van der Waals surface area contributed by atoms with Crippen LogP contribution in [0, 0.1) is 0 Å². The molecule has 8 aromatic rings. The summed E-state index contributed by atoms with van der Waals surface area (Å²) in [6.45, 7) is 16.7. The summed E-state index contributed by atoms with van der Waals surface area (Å²) in [6, 6.07) is 50.7. The van der Waals surface area contributed by atoms with Gasteiger partial charge in [0.2, 0.25) is 0 Å². The van der Waals surface area contributed by atoms with Crippen LogP contribution in [0.2, 0.25) is 0 Å². The van der Waals surface area contributed by atoms with Crippen molar-refractivity contribution in [3.8, 4) is 34.3 Å². The first-order valence-corrected chi connectivity index (χ1v) is 28.1. The maximum Gasteiger partial charge on any atom is 0.162 e. The van der Waals surface area contributed by atoms with Crippen molar-refractivity contribution in [3.05, 3.63) is 157 Å². The fourth-order valence-corrected chi connectivity index (χ4v) is 11.1. The Hall–Kier alpha value is -7.28. The molecule has 3 aliphatic rings. The Morgan fingerprint density at radius 1 is 0.506 bits per heavy atom. The summed E-state index contributed by atoms with van der Waals surface area (Å²) in [5.74, 6) is 6.60. The van der Waals surface area contributed by atoms with Crippen molar-refractivity contribution in [2.75, 3.05) is 120 Å². The van der Waals surface area contributed by atoms with E-state index in [0.29, 0.717) is 11.8 Å². The van der Waals surface area contributed by atoms with Gasteiger partial charge in [0.15, 0.2) is 11.6 Å². The molecule has 0 spiro atoms. The van der Waals surface area contributed by atoms with Crippen LogP contribution in [0.15, 0.2) is 146 Å². The number of ether oxygens (including phenoxy) is 3. The Kier molecular flexibility index (Phi) is 18.9. The van der Waals surface area contributed by atoms with Crippen molar-refractivity contribution in [2.45, 2.75) is 64.7 Å². The molecule has 0 aliphatic carbocycles. The molecule has 3 aliphatic heterocycles. The lowest BCUT2D eigenvalue weighted by Crippen LogP contribution is -2.40. The van der Waals surface area contributed by atoms with Crippen LogP contribution in [-0.2, 0) is 4.74 Å². The molecule has 0 atom stereocenters.